The first kappa shape index (κ1) is 12.4. The van der Waals surface area contributed by atoms with E-state index in [2.05, 4.69) is 4.98 Å². The second kappa shape index (κ2) is 4.33. The second-order valence-corrected chi connectivity index (χ2v) is 5.00. The number of aliphatic carboxylic acids is 1. The van der Waals surface area contributed by atoms with Crippen molar-refractivity contribution >= 4 is 17.1 Å². The number of oxazole rings is 1. The van der Waals surface area contributed by atoms with Gasteiger partial charge in [-0.15, -0.1) is 0 Å². The molecule has 5 nitrogen and oxygen atoms in total. The average molecular weight is 249 g/mol. The Morgan fingerprint density at radius 1 is 1.44 bits per heavy atom. The molecule has 2 N–H and O–H groups in total. The highest BCUT2D eigenvalue weighted by atomic mass is 16.4. The molecule has 18 heavy (non-hydrogen) atoms. The molecular formula is C13H15NO4. The summed E-state index contributed by atoms with van der Waals surface area (Å²) in [5.41, 5.74) is 1.87. The van der Waals surface area contributed by atoms with E-state index >= 15 is 0 Å². The Hall–Kier alpha value is -2.04. The maximum atomic E-state index is 11.1. The molecule has 0 unspecified atom stereocenters. The Labute approximate surface area is 103 Å². The number of carbonyl (C=O) groups is 1. The van der Waals surface area contributed by atoms with Crippen LogP contribution in [0.15, 0.2) is 27.4 Å². The molecule has 1 aromatic carbocycles. The largest absolute Gasteiger partial charge is 0.481 e. The fourth-order valence-corrected chi connectivity index (χ4v) is 1.94. The third kappa shape index (κ3) is 2.45. The maximum Gasteiger partial charge on any atom is 0.417 e. The number of nitrogens with one attached hydrogen (secondary N) is 1. The van der Waals surface area contributed by atoms with E-state index in [9.17, 15) is 9.59 Å². The van der Waals surface area contributed by atoms with E-state index in [1.165, 1.54) is 0 Å². The van der Waals surface area contributed by atoms with Gasteiger partial charge in [0.2, 0.25) is 0 Å². The standard InChI is InChI=1S/C13H15NO4/c1-13(2,6-5-11(15)16)8-3-4-10-9(7-8)14-12(17)18-10/h3-4,7H,5-6H2,1-2H3,(H,14,17)(H,15,16). The van der Waals surface area contributed by atoms with Gasteiger partial charge >= 0.3 is 11.7 Å². The van der Waals surface area contributed by atoms with Crippen LogP contribution in [0.1, 0.15) is 32.3 Å². The molecule has 1 aromatic heterocycles. The topological polar surface area (TPSA) is 83.3 Å². The second-order valence-electron chi connectivity index (χ2n) is 5.00. The van der Waals surface area contributed by atoms with Crippen LogP contribution in [0.4, 0.5) is 0 Å². The van der Waals surface area contributed by atoms with Crippen LogP contribution in [0.3, 0.4) is 0 Å². The van der Waals surface area contributed by atoms with Gasteiger partial charge in [0.25, 0.3) is 0 Å². The monoisotopic (exact) mass is 249 g/mol. The molecule has 96 valence electrons. The molecule has 0 spiro atoms. The summed E-state index contributed by atoms with van der Waals surface area (Å²) in [7, 11) is 0. The molecule has 0 aliphatic carbocycles. The van der Waals surface area contributed by atoms with Gasteiger partial charge in [-0.3, -0.25) is 9.78 Å². The fourth-order valence-electron chi connectivity index (χ4n) is 1.94. The van der Waals surface area contributed by atoms with Crippen molar-refractivity contribution in [3.05, 3.63) is 34.3 Å². The number of aromatic amines is 1. The zero-order chi connectivity index (χ0) is 13.3. The van der Waals surface area contributed by atoms with Crippen LogP contribution in [0.25, 0.3) is 11.1 Å². The first-order valence-corrected chi connectivity index (χ1v) is 5.74. The fraction of sp³-hybridized carbons (Fsp3) is 0.385. The molecule has 5 heteroatoms. The Balaban J connectivity index is 2.34. The van der Waals surface area contributed by atoms with Crippen molar-refractivity contribution in [2.75, 3.05) is 0 Å². The smallest absolute Gasteiger partial charge is 0.417 e. The van der Waals surface area contributed by atoms with Gasteiger partial charge in [-0.25, -0.2) is 4.79 Å². The molecule has 2 rings (SSSR count). The molecule has 0 atom stereocenters. The molecular weight excluding hydrogens is 234 g/mol. The molecule has 0 saturated heterocycles. The summed E-state index contributed by atoms with van der Waals surface area (Å²) in [4.78, 5) is 24.3. The molecule has 0 bridgehead atoms. The summed E-state index contributed by atoms with van der Waals surface area (Å²) >= 11 is 0. The SMILES string of the molecule is CC(C)(CCC(=O)O)c1ccc2oc(=O)[nH]c2c1. The number of benzene rings is 1. The number of aromatic nitrogens is 1. The summed E-state index contributed by atoms with van der Waals surface area (Å²) in [6, 6.07) is 5.42. The third-order valence-electron chi connectivity index (χ3n) is 3.16. The molecule has 0 aliphatic rings. The van der Waals surface area contributed by atoms with Crippen LogP contribution < -0.4 is 5.76 Å². The summed E-state index contributed by atoms with van der Waals surface area (Å²) in [5, 5.41) is 8.74. The van der Waals surface area contributed by atoms with Gasteiger partial charge in [0.05, 0.1) is 5.52 Å². The van der Waals surface area contributed by atoms with E-state index in [-0.39, 0.29) is 11.8 Å². The highest BCUT2D eigenvalue weighted by molar-refractivity contribution is 5.73. The van der Waals surface area contributed by atoms with Crippen LogP contribution in [0.2, 0.25) is 0 Å². The van der Waals surface area contributed by atoms with Crippen LogP contribution in [0, 0.1) is 0 Å². The first-order chi connectivity index (χ1) is 8.38. The van der Waals surface area contributed by atoms with Crippen molar-refractivity contribution in [2.45, 2.75) is 32.1 Å². The predicted octanol–water partition coefficient (Wildman–Crippen LogP) is 2.26. The molecule has 1 heterocycles. The first-order valence-electron chi connectivity index (χ1n) is 5.74. The van der Waals surface area contributed by atoms with E-state index in [4.69, 9.17) is 9.52 Å². The van der Waals surface area contributed by atoms with Crippen molar-refractivity contribution < 1.29 is 14.3 Å². The van der Waals surface area contributed by atoms with E-state index in [0.29, 0.717) is 17.5 Å². The highest BCUT2D eigenvalue weighted by Gasteiger charge is 2.22. The minimum atomic E-state index is -0.805. The molecule has 0 saturated carbocycles. The lowest BCUT2D eigenvalue weighted by Crippen LogP contribution is -2.18. The molecule has 0 radical (unpaired) electrons. The lowest BCUT2D eigenvalue weighted by atomic mass is 9.80. The molecule has 0 aliphatic heterocycles. The van der Waals surface area contributed by atoms with Gasteiger partial charge in [-0.2, -0.15) is 0 Å². The third-order valence-corrected chi connectivity index (χ3v) is 3.16. The Bertz CT molecular complexity index is 636. The number of carboxylic acid groups (broad SMARTS) is 1. The van der Waals surface area contributed by atoms with Crippen LogP contribution in [-0.2, 0) is 10.2 Å². The summed E-state index contributed by atoms with van der Waals surface area (Å²) in [6.07, 6.45) is 0.656. The number of hydrogen-bond donors (Lipinski definition) is 2. The summed E-state index contributed by atoms with van der Waals surface area (Å²) in [5.74, 6) is -1.29. The number of rotatable bonds is 4. The molecule has 0 fully saturated rings. The van der Waals surface area contributed by atoms with E-state index in [1.54, 1.807) is 6.07 Å². The Morgan fingerprint density at radius 2 is 2.17 bits per heavy atom. The Kier molecular flexibility index (Phi) is 2.98. The van der Waals surface area contributed by atoms with Crippen molar-refractivity contribution in [3.8, 4) is 0 Å². The number of hydrogen-bond acceptors (Lipinski definition) is 3. The summed E-state index contributed by atoms with van der Waals surface area (Å²) in [6.45, 7) is 3.96. The van der Waals surface area contributed by atoms with Crippen molar-refractivity contribution in [1.82, 2.24) is 4.98 Å². The lowest BCUT2D eigenvalue weighted by molar-refractivity contribution is -0.137. The maximum absolute atomic E-state index is 11.1. The van der Waals surface area contributed by atoms with Gasteiger partial charge in [0.15, 0.2) is 5.58 Å². The van der Waals surface area contributed by atoms with Crippen molar-refractivity contribution in [2.24, 2.45) is 0 Å². The van der Waals surface area contributed by atoms with E-state index in [1.807, 2.05) is 26.0 Å². The van der Waals surface area contributed by atoms with Gasteiger partial charge in [0.1, 0.15) is 0 Å². The van der Waals surface area contributed by atoms with Gasteiger partial charge < -0.3 is 9.52 Å². The highest BCUT2D eigenvalue weighted by Crippen LogP contribution is 2.30. The van der Waals surface area contributed by atoms with E-state index in [0.717, 1.165) is 5.56 Å². The van der Waals surface area contributed by atoms with Gasteiger partial charge in [0, 0.05) is 6.42 Å². The summed E-state index contributed by atoms with van der Waals surface area (Å²) < 4.78 is 4.93. The predicted molar refractivity (Wildman–Crippen MR) is 66.7 cm³/mol. The van der Waals surface area contributed by atoms with Gasteiger partial charge in [-0.1, -0.05) is 19.9 Å². The average Bonchev–Trinajstić information content (AvgIpc) is 2.65. The number of H-pyrrole nitrogens is 1. The minimum Gasteiger partial charge on any atom is -0.481 e. The van der Waals surface area contributed by atoms with Crippen molar-refractivity contribution in [3.63, 3.8) is 0 Å². The number of carboxylic acids is 1. The van der Waals surface area contributed by atoms with Crippen molar-refractivity contribution in [1.29, 1.82) is 0 Å². The van der Waals surface area contributed by atoms with E-state index < -0.39 is 11.7 Å². The van der Waals surface area contributed by atoms with Crippen LogP contribution >= 0.6 is 0 Å². The molecule has 0 amide bonds. The number of fused-ring (bicyclic) bond motifs is 1. The zero-order valence-corrected chi connectivity index (χ0v) is 10.3. The zero-order valence-electron chi connectivity index (χ0n) is 10.3. The Morgan fingerprint density at radius 3 is 2.83 bits per heavy atom. The van der Waals surface area contributed by atoms with Crippen LogP contribution in [0.5, 0.6) is 0 Å². The van der Waals surface area contributed by atoms with Crippen LogP contribution in [-0.4, -0.2) is 16.1 Å². The normalized spacial score (nSPS) is 11.9. The lowest BCUT2D eigenvalue weighted by Gasteiger charge is -2.24. The van der Waals surface area contributed by atoms with Gasteiger partial charge in [-0.05, 0) is 29.5 Å². The quantitative estimate of drug-likeness (QED) is 0.870. The minimum absolute atomic E-state index is 0.118. The molecule has 2 aromatic rings.